The van der Waals surface area contributed by atoms with Crippen molar-refractivity contribution < 1.29 is 17.6 Å². The normalized spacial score (nSPS) is 27.3. The highest BCUT2D eigenvalue weighted by Crippen LogP contribution is 2.48. The molecule has 154 valence electrons. The van der Waals surface area contributed by atoms with Crippen LogP contribution < -0.4 is 0 Å². The lowest BCUT2D eigenvalue weighted by Gasteiger charge is -2.41. The van der Waals surface area contributed by atoms with Crippen LogP contribution in [0.5, 0.6) is 0 Å². The van der Waals surface area contributed by atoms with Crippen LogP contribution in [0.3, 0.4) is 0 Å². The summed E-state index contributed by atoms with van der Waals surface area (Å²) < 4.78 is 53.0. The van der Waals surface area contributed by atoms with Crippen LogP contribution >= 0.6 is 0 Å². The van der Waals surface area contributed by atoms with Crippen molar-refractivity contribution in [2.45, 2.75) is 50.6 Å². The highest BCUT2D eigenvalue weighted by molar-refractivity contribution is 5.65. The molecule has 2 aromatic carbocycles. The molecule has 0 heterocycles. The van der Waals surface area contributed by atoms with Crippen molar-refractivity contribution in [1.29, 1.82) is 0 Å². The Morgan fingerprint density at radius 3 is 2.21 bits per heavy atom. The summed E-state index contributed by atoms with van der Waals surface area (Å²) in [6.45, 7) is 3.95. The first kappa shape index (κ1) is 20.2. The minimum absolute atomic E-state index is 0.350. The zero-order chi connectivity index (χ0) is 20.6. The third kappa shape index (κ3) is 4.26. The molecule has 0 nitrogen and oxygen atoms in total. The number of benzene rings is 2. The summed E-state index contributed by atoms with van der Waals surface area (Å²) in [5.74, 6) is 2.13. The molecule has 0 N–H and O–H groups in total. The Kier molecular flexibility index (Phi) is 5.54. The van der Waals surface area contributed by atoms with Crippen LogP contribution in [0.2, 0.25) is 0 Å². The molecule has 4 rings (SSSR count). The van der Waals surface area contributed by atoms with Gasteiger partial charge in [-0.05, 0) is 91.5 Å². The van der Waals surface area contributed by atoms with E-state index in [2.05, 4.69) is 12.7 Å². The summed E-state index contributed by atoms with van der Waals surface area (Å²) in [7, 11) is 0. The predicted molar refractivity (Wildman–Crippen MR) is 108 cm³/mol. The molecular weight excluding hydrogens is 376 g/mol. The van der Waals surface area contributed by atoms with Crippen LogP contribution in [-0.4, -0.2) is 0 Å². The highest BCUT2D eigenvalue weighted by atomic mass is 19.4. The van der Waals surface area contributed by atoms with Crippen molar-refractivity contribution in [3.8, 4) is 11.1 Å². The fourth-order valence-corrected chi connectivity index (χ4v) is 5.30. The molecule has 2 aliphatic rings. The Labute approximate surface area is 169 Å². The van der Waals surface area contributed by atoms with Gasteiger partial charge in [0.15, 0.2) is 0 Å². The summed E-state index contributed by atoms with van der Waals surface area (Å²) in [6, 6.07) is 9.94. The Balaban J connectivity index is 1.49. The smallest absolute Gasteiger partial charge is 0.206 e. The van der Waals surface area contributed by atoms with Gasteiger partial charge in [-0.3, -0.25) is 0 Å². The average molecular weight is 402 g/mol. The second-order valence-corrected chi connectivity index (χ2v) is 8.65. The zero-order valence-electron chi connectivity index (χ0n) is 16.4. The third-order valence-corrected chi connectivity index (χ3v) is 6.97. The summed E-state index contributed by atoms with van der Waals surface area (Å²) >= 11 is 0. The second kappa shape index (κ2) is 7.97. The van der Waals surface area contributed by atoms with Gasteiger partial charge >= 0.3 is 6.18 Å². The molecule has 0 aliphatic heterocycles. The molecule has 0 radical (unpaired) electrons. The van der Waals surface area contributed by atoms with Gasteiger partial charge in [-0.15, -0.1) is 6.58 Å². The fourth-order valence-electron chi connectivity index (χ4n) is 5.30. The monoisotopic (exact) mass is 402 g/mol. The van der Waals surface area contributed by atoms with Crippen LogP contribution in [0.25, 0.3) is 11.1 Å². The molecule has 0 saturated heterocycles. The third-order valence-electron chi connectivity index (χ3n) is 6.97. The van der Waals surface area contributed by atoms with E-state index >= 15 is 0 Å². The summed E-state index contributed by atoms with van der Waals surface area (Å²) in [5.41, 5.74) is 1.11. The van der Waals surface area contributed by atoms with Gasteiger partial charge in [0.25, 0.3) is 0 Å². The zero-order valence-corrected chi connectivity index (χ0v) is 16.4. The van der Waals surface area contributed by atoms with E-state index in [1.54, 1.807) is 12.1 Å². The van der Waals surface area contributed by atoms with E-state index in [4.69, 9.17) is 0 Å². The first-order valence-electron chi connectivity index (χ1n) is 10.4. The maximum Gasteiger partial charge on any atom is 0.416 e. The summed E-state index contributed by atoms with van der Waals surface area (Å²) in [6.07, 6.45) is 4.74. The van der Waals surface area contributed by atoms with E-state index < -0.39 is 11.7 Å². The van der Waals surface area contributed by atoms with Gasteiger partial charge < -0.3 is 0 Å². The molecule has 2 aliphatic carbocycles. The molecule has 0 bridgehead atoms. The summed E-state index contributed by atoms with van der Waals surface area (Å²) in [4.78, 5) is 0. The van der Waals surface area contributed by atoms with Gasteiger partial charge in [0, 0.05) is 5.56 Å². The average Bonchev–Trinajstić information content (AvgIpc) is 2.72. The van der Waals surface area contributed by atoms with Gasteiger partial charge in [0.1, 0.15) is 5.82 Å². The first-order valence-corrected chi connectivity index (χ1v) is 10.4. The lowest BCUT2D eigenvalue weighted by atomic mass is 9.64. The molecule has 2 saturated carbocycles. The number of halogens is 4. The van der Waals surface area contributed by atoms with E-state index in [1.807, 2.05) is 6.07 Å². The topological polar surface area (TPSA) is 0 Å². The number of hydrogen-bond donors (Lipinski definition) is 0. The molecule has 0 aromatic heterocycles. The Bertz CT molecular complexity index is 865. The van der Waals surface area contributed by atoms with E-state index in [0.29, 0.717) is 28.9 Å². The van der Waals surface area contributed by atoms with E-state index in [-0.39, 0.29) is 5.82 Å². The molecule has 4 unspecified atom stereocenters. The van der Waals surface area contributed by atoms with Gasteiger partial charge in [-0.1, -0.05) is 30.3 Å². The van der Waals surface area contributed by atoms with Crippen molar-refractivity contribution in [2.24, 2.45) is 17.8 Å². The first-order chi connectivity index (χ1) is 13.8. The lowest BCUT2D eigenvalue weighted by Crippen LogP contribution is -2.29. The van der Waals surface area contributed by atoms with Gasteiger partial charge in [0.05, 0.1) is 5.56 Å². The minimum atomic E-state index is -4.38. The van der Waals surface area contributed by atoms with Crippen molar-refractivity contribution in [2.75, 3.05) is 0 Å². The maximum atomic E-state index is 14.8. The summed E-state index contributed by atoms with van der Waals surface area (Å²) in [5, 5.41) is 0. The van der Waals surface area contributed by atoms with E-state index in [1.165, 1.54) is 37.8 Å². The van der Waals surface area contributed by atoms with E-state index in [9.17, 15) is 17.6 Å². The molecule has 2 aromatic rings. The molecule has 29 heavy (non-hydrogen) atoms. The van der Waals surface area contributed by atoms with Crippen molar-refractivity contribution in [3.05, 3.63) is 72.1 Å². The predicted octanol–water partition coefficient (Wildman–Crippen LogP) is 8.00. The molecule has 4 atom stereocenters. The minimum Gasteiger partial charge on any atom is -0.206 e. The second-order valence-electron chi connectivity index (χ2n) is 8.65. The van der Waals surface area contributed by atoms with Crippen LogP contribution in [-0.2, 0) is 6.18 Å². The van der Waals surface area contributed by atoms with E-state index in [0.717, 1.165) is 36.5 Å². The maximum absolute atomic E-state index is 14.8. The van der Waals surface area contributed by atoms with Gasteiger partial charge in [-0.2, -0.15) is 13.2 Å². The molecule has 2 fully saturated rings. The standard InChI is InChI=1S/C25H26F4/c1-2-16-3-4-19-14-20(6-5-18(19)13-16)21-9-12-23(24(26)15-21)17-7-10-22(11-8-17)25(27,28)29/h2,7-12,15-16,18-20H,1,3-6,13-14H2. The SMILES string of the molecule is C=CC1CCC2CC(c3ccc(-c4ccc(C(F)(F)F)cc4)c(F)c3)CCC2C1. The van der Waals surface area contributed by atoms with Crippen molar-refractivity contribution >= 4 is 0 Å². The quantitative estimate of drug-likeness (QED) is 0.360. The Morgan fingerprint density at radius 1 is 0.862 bits per heavy atom. The number of alkyl halides is 3. The Morgan fingerprint density at radius 2 is 1.55 bits per heavy atom. The Hall–Kier alpha value is -2.10. The largest absolute Gasteiger partial charge is 0.416 e. The van der Waals surface area contributed by atoms with Crippen LogP contribution in [0, 0.1) is 23.6 Å². The molecule has 0 amide bonds. The number of hydrogen-bond acceptors (Lipinski definition) is 0. The molecule has 0 spiro atoms. The van der Waals surface area contributed by atoms with Crippen LogP contribution in [0.1, 0.15) is 55.6 Å². The fraction of sp³-hybridized carbons (Fsp3) is 0.440. The number of fused-ring (bicyclic) bond motifs is 1. The van der Waals surface area contributed by atoms with Crippen LogP contribution in [0.4, 0.5) is 17.6 Å². The molecular formula is C25H26F4. The van der Waals surface area contributed by atoms with Crippen molar-refractivity contribution in [3.63, 3.8) is 0 Å². The molecule has 4 heteroatoms. The van der Waals surface area contributed by atoms with Crippen LogP contribution in [0.15, 0.2) is 55.1 Å². The van der Waals surface area contributed by atoms with Gasteiger partial charge in [-0.25, -0.2) is 4.39 Å². The lowest BCUT2D eigenvalue weighted by molar-refractivity contribution is -0.137. The number of allylic oxidation sites excluding steroid dienone is 1. The van der Waals surface area contributed by atoms with Crippen molar-refractivity contribution in [1.82, 2.24) is 0 Å². The van der Waals surface area contributed by atoms with Gasteiger partial charge in [0.2, 0.25) is 0 Å². The highest BCUT2D eigenvalue weighted by Gasteiger charge is 2.35. The number of rotatable bonds is 3.